The van der Waals surface area contributed by atoms with E-state index in [0.29, 0.717) is 17.1 Å². The highest BCUT2D eigenvalue weighted by atomic mass is 16.5. The summed E-state index contributed by atoms with van der Waals surface area (Å²) in [5.41, 5.74) is 1.25. The number of carbonyl (C=O) groups is 2. The van der Waals surface area contributed by atoms with Crippen LogP contribution in [0.1, 0.15) is 28.9 Å². The Balaban J connectivity index is 1.85. The highest BCUT2D eigenvalue weighted by Crippen LogP contribution is 2.18. The van der Waals surface area contributed by atoms with Gasteiger partial charge in [-0.3, -0.25) is 4.79 Å². The van der Waals surface area contributed by atoms with Gasteiger partial charge in [-0.15, -0.1) is 0 Å². The van der Waals surface area contributed by atoms with Gasteiger partial charge in [-0.25, -0.2) is 4.79 Å². The molecule has 1 N–H and O–H groups in total. The normalized spacial score (nSPS) is 11.3. The molecule has 1 atom stereocenters. The number of nitrogens with one attached hydrogen (secondary N) is 1. The third kappa shape index (κ3) is 5.24. The van der Waals surface area contributed by atoms with Crippen molar-refractivity contribution in [3.05, 3.63) is 59.7 Å². The minimum Gasteiger partial charge on any atom is -0.497 e. The molecule has 0 spiro atoms. The van der Waals surface area contributed by atoms with Crippen molar-refractivity contribution in [2.75, 3.05) is 20.8 Å². The fourth-order valence-electron chi connectivity index (χ4n) is 2.22. The molecule has 0 fully saturated rings. The third-order valence-electron chi connectivity index (χ3n) is 3.63. The Morgan fingerprint density at radius 1 is 1.00 bits per heavy atom. The maximum absolute atomic E-state index is 12.0. The predicted molar refractivity (Wildman–Crippen MR) is 92.8 cm³/mol. The quantitative estimate of drug-likeness (QED) is 0.783. The van der Waals surface area contributed by atoms with Gasteiger partial charge in [-0.1, -0.05) is 12.1 Å². The Labute approximate surface area is 146 Å². The summed E-state index contributed by atoms with van der Waals surface area (Å²) in [6.45, 7) is 1.50. The van der Waals surface area contributed by atoms with Crippen molar-refractivity contribution in [2.24, 2.45) is 0 Å². The van der Waals surface area contributed by atoms with Crippen LogP contribution in [0.3, 0.4) is 0 Å². The predicted octanol–water partition coefficient (Wildman–Crippen LogP) is 2.74. The van der Waals surface area contributed by atoms with E-state index in [-0.39, 0.29) is 18.6 Å². The van der Waals surface area contributed by atoms with Gasteiger partial charge in [0.05, 0.1) is 25.8 Å². The van der Waals surface area contributed by atoms with E-state index in [4.69, 9.17) is 14.2 Å². The molecule has 0 unspecified atom stereocenters. The first-order valence-corrected chi connectivity index (χ1v) is 7.78. The van der Waals surface area contributed by atoms with Crippen LogP contribution in [0, 0.1) is 0 Å². The van der Waals surface area contributed by atoms with Crippen molar-refractivity contribution in [1.82, 2.24) is 5.32 Å². The highest BCUT2D eigenvalue weighted by molar-refractivity contribution is 5.91. The molecule has 6 heteroatoms. The molecule has 0 aliphatic carbocycles. The number of rotatable bonds is 7. The third-order valence-corrected chi connectivity index (χ3v) is 3.63. The highest BCUT2D eigenvalue weighted by Gasteiger charge is 2.13. The summed E-state index contributed by atoms with van der Waals surface area (Å²) in [6, 6.07) is 13.6. The van der Waals surface area contributed by atoms with E-state index in [2.05, 4.69) is 5.32 Å². The van der Waals surface area contributed by atoms with Crippen molar-refractivity contribution >= 4 is 11.9 Å². The molecule has 0 aliphatic heterocycles. The number of benzene rings is 2. The van der Waals surface area contributed by atoms with Crippen LogP contribution in [-0.4, -0.2) is 32.7 Å². The van der Waals surface area contributed by atoms with Gasteiger partial charge >= 0.3 is 5.97 Å². The fraction of sp³-hybridized carbons (Fsp3) is 0.263. The van der Waals surface area contributed by atoms with E-state index < -0.39 is 5.97 Å². The lowest BCUT2D eigenvalue weighted by Gasteiger charge is -2.15. The summed E-state index contributed by atoms with van der Waals surface area (Å²) in [6.07, 6.45) is 0. The van der Waals surface area contributed by atoms with E-state index in [1.54, 1.807) is 38.5 Å². The van der Waals surface area contributed by atoms with Gasteiger partial charge in [0.2, 0.25) is 0 Å². The first-order valence-electron chi connectivity index (χ1n) is 7.78. The molecular formula is C19H21NO5. The second-order valence-corrected chi connectivity index (χ2v) is 5.37. The smallest absolute Gasteiger partial charge is 0.338 e. The SMILES string of the molecule is COc1ccc(C(=O)OCC(=O)N[C@@H](C)c2cccc(OC)c2)cc1. The lowest BCUT2D eigenvalue weighted by molar-refractivity contribution is -0.124. The first-order chi connectivity index (χ1) is 12.0. The number of esters is 1. The van der Waals surface area contributed by atoms with Gasteiger partial charge in [0, 0.05) is 0 Å². The van der Waals surface area contributed by atoms with Gasteiger partial charge in [-0.05, 0) is 48.9 Å². The molecule has 25 heavy (non-hydrogen) atoms. The summed E-state index contributed by atoms with van der Waals surface area (Å²) in [4.78, 5) is 23.9. The van der Waals surface area contributed by atoms with E-state index in [1.807, 2.05) is 31.2 Å². The van der Waals surface area contributed by atoms with Crippen LogP contribution in [0.25, 0.3) is 0 Å². The minimum atomic E-state index is -0.563. The van der Waals surface area contributed by atoms with Crippen LogP contribution in [0.15, 0.2) is 48.5 Å². The summed E-state index contributed by atoms with van der Waals surface area (Å²) in [5, 5.41) is 2.78. The molecule has 2 aromatic rings. The molecule has 0 saturated heterocycles. The van der Waals surface area contributed by atoms with Gasteiger partial charge in [0.15, 0.2) is 6.61 Å². The number of hydrogen-bond acceptors (Lipinski definition) is 5. The van der Waals surface area contributed by atoms with E-state index in [9.17, 15) is 9.59 Å². The number of hydrogen-bond donors (Lipinski definition) is 1. The maximum atomic E-state index is 12.0. The molecule has 0 radical (unpaired) electrons. The topological polar surface area (TPSA) is 73.9 Å². The molecule has 1 amide bonds. The molecule has 2 rings (SSSR count). The molecule has 0 saturated carbocycles. The summed E-state index contributed by atoms with van der Waals surface area (Å²) in [7, 11) is 3.13. The number of carbonyl (C=O) groups excluding carboxylic acids is 2. The number of methoxy groups -OCH3 is 2. The van der Waals surface area contributed by atoms with E-state index in [1.165, 1.54) is 0 Å². The van der Waals surface area contributed by atoms with Crippen molar-refractivity contribution < 1.29 is 23.8 Å². The Hall–Kier alpha value is -3.02. The summed E-state index contributed by atoms with van der Waals surface area (Å²) >= 11 is 0. The standard InChI is InChI=1S/C19H21NO5/c1-13(15-5-4-6-17(11-15)24-3)20-18(21)12-25-19(22)14-7-9-16(23-2)10-8-14/h4-11,13H,12H2,1-3H3,(H,20,21)/t13-/m0/s1. The molecule has 0 bridgehead atoms. The van der Waals surface area contributed by atoms with Gasteiger partial charge in [0.1, 0.15) is 11.5 Å². The minimum absolute atomic E-state index is 0.234. The lowest BCUT2D eigenvalue weighted by atomic mass is 10.1. The Morgan fingerprint density at radius 2 is 1.68 bits per heavy atom. The van der Waals surface area contributed by atoms with Crippen LogP contribution < -0.4 is 14.8 Å². The molecule has 132 valence electrons. The zero-order valence-electron chi connectivity index (χ0n) is 14.4. The van der Waals surface area contributed by atoms with Crippen LogP contribution in [0.2, 0.25) is 0 Å². The molecule has 6 nitrogen and oxygen atoms in total. The zero-order chi connectivity index (χ0) is 18.2. The van der Waals surface area contributed by atoms with Crippen LogP contribution in [-0.2, 0) is 9.53 Å². The Morgan fingerprint density at radius 3 is 2.32 bits per heavy atom. The molecule has 0 heterocycles. The molecule has 2 aromatic carbocycles. The van der Waals surface area contributed by atoms with Crippen molar-refractivity contribution in [3.63, 3.8) is 0 Å². The zero-order valence-corrected chi connectivity index (χ0v) is 14.4. The number of amides is 1. The largest absolute Gasteiger partial charge is 0.497 e. The van der Waals surface area contributed by atoms with E-state index in [0.717, 1.165) is 5.56 Å². The molecular weight excluding hydrogens is 322 g/mol. The monoisotopic (exact) mass is 343 g/mol. The fourth-order valence-corrected chi connectivity index (χ4v) is 2.22. The molecule has 0 aromatic heterocycles. The maximum Gasteiger partial charge on any atom is 0.338 e. The summed E-state index contributed by atoms with van der Waals surface area (Å²) < 4.78 is 15.2. The van der Waals surface area contributed by atoms with Crippen LogP contribution in [0.5, 0.6) is 11.5 Å². The van der Waals surface area contributed by atoms with Gasteiger partial charge < -0.3 is 19.5 Å². The summed E-state index contributed by atoms with van der Waals surface area (Å²) in [5.74, 6) is 0.412. The lowest BCUT2D eigenvalue weighted by Crippen LogP contribution is -2.31. The number of ether oxygens (including phenoxy) is 3. The average Bonchev–Trinajstić information content (AvgIpc) is 2.66. The van der Waals surface area contributed by atoms with Crippen LogP contribution >= 0.6 is 0 Å². The van der Waals surface area contributed by atoms with Crippen molar-refractivity contribution in [2.45, 2.75) is 13.0 Å². The Kier molecular flexibility index (Phi) is 6.39. The first kappa shape index (κ1) is 18.3. The molecule has 0 aliphatic rings. The Bertz CT molecular complexity index is 727. The van der Waals surface area contributed by atoms with Crippen molar-refractivity contribution in [3.8, 4) is 11.5 Å². The van der Waals surface area contributed by atoms with Crippen LogP contribution in [0.4, 0.5) is 0 Å². The van der Waals surface area contributed by atoms with E-state index >= 15 is 0 Å². The van der Waals surface area contributed by atoms with Crippen molar-refractivity contribution in [1.29, 1.82) is 0 Å². The van der Waals surface area contributed by atoms with Gasteiger partial charge in [0.25, 0.3) is 5.91 Å². The van der Waals surface area contributed by atoms with Gasteiger partial charge in [-0.2, -0.15) is 0 Å². The second kappa shape index (κ2) is 8.73. The average molecular weight is 343 g/mol. The second-order valence-electron chi connectivity index (χ2n) is 5.37.